The zero-order valence-electron chi connectivity index (χ0n) is 25.4. The molecule has 2 amide bonds. The van der Waals surface area contributed by atoms with Gasteiger partial charge >= 0.3 is 5.97 Å². The Labute approximate surface area is 257 Å². The Bertz CT molecular complexity index is 1580. The number of hydrogen-bond donors (Lipinski definition) is 1. The normalized spacial score (nSPS) is 21.5. The Kier molecular flexibility index (Phi) is 8.14. The second-order valence-electron chi connectivity index (χ2n) is 12.8. The van der Waals surface area contributed by atoms with Gasteiger partial charge in [0.05, 0.1) is 12.8 Å². The lowest BCUT2D eigenvalue weighted by atomic mass is 9.72. The number of anilines is 1. The quantitative estimate of drug-likeness (QED) is 0.335. The number of benzene rings is 2. The highest BCUT2D eigenvalue weighted by molar-refractivity contribution is 5.99. The van der Waals surface area contributed by atoms with Crippen LogP contribution in [0.2, 0.25) is 0 Å². The molecule has 0 radical (unpaired) electrons. The van der Waals surface area contributed by atoms with Gasteiger partial charge in [0.2, 0.25) is 11.8 Å². The van der Waals surface area contributed by atoms with E-state index in [1.807, 2.05) is 50.2 Å². The number of carbonyl (C=O) groups is 3. The fourth-order valence-electron chi connectivity index (χ4n) is 6.94. The number of pyridine rings is 1. The number of hydrogen-bond acceptors (Lipinski definition) is 6. The van der Waals surface area contributed by atoms with Gasteiger partial charge in [-0.3, -0.25) is 14.4 Å². The fraction of sp³-hybridized carbons (Fsp3) is 0.429. The van der Waals surface area contributed by atoms with Gasteiger partial charge in [-0.1, -0.05) is 44.2 Å². The van der Waals surface area contributed by atoms with Gasteiger partial charge in [-0.2, -0.15) is 0 Å². The number of aromatic nitrogens is 1. The third kappa shape index (κ3) is 5.92. The molecule has 1 aromatic heterocycles. The Morgan fingerprint density at radius 3 is 2.59 bits per heavy atom. The van der Waals surface area contributed by atoms with Crippen molar-refractivity contribution in [2.24, 2.45) is 11.8 Å². The van der Waals surface area contributed by atoms with Crippen LogP contribution in [0.15, 0.2) is 54.6 Å². The smallest absolute Gasteiger partial charge is 0.306 e. The van der Waals surface area contributed by atoms with Gasteiger partial charge in [0.1, 0.15) is 18.5 Å². The fourth-order valence-corrected chi connectivity index (χ4v) is 6.94. The van der Waals surface area contributed by atoms with Crippen LogP contribution in [0, 0.1) is 17.7 Å². The van der Waals surface area contributed by atoms with Crippen molar-refractivity contribution in [3.63, 3.8) is 0 Å². The van der Waals surface area contributed by atoms with Gasteiger partial charge in [-0.15, -0.1) is 0 Å². The van der Waals surface area contributed by atoms with E-state index in [4.69, 9.17) is 9.47 Å². The molecule has 0 bridgehead atoms. The summed E-state index contributed by atoms with van der Waals surface area (Å²) in [5.74, 6) is -0.936. The zero-order valence-corrected chi connectivity index (χ0v) is 25.4. The molecule has 0 spiro atoms. The molecule has 6 rings (SSSR count). The molecule has 1 fully saturated rings. The molecule has 0 saturated heterocycles. The Balaban J connectivity index is 1.15. The summed E-state index contributed by atoms with van der Waals surface area (Å²) in [5.41, 5.74) is 3.98. The van der Waals surface area contributed by atoms with Crippen molar-refractivity contribution < 1.29 is 28.2 Å². The molecule has 2 heterocycles. The standard InChI is InChI=1S/C35H38FN3O5/c1-35(2)13-11-23-18-25(19-27(36)31(23)35)37-33(41)32-26-9-10-29(43-3)38-28(26)12-14-39(32)34(42)24-15-22(16-24)17-30(40)44-20-21-7-5-4-6-8-21/h4-10,18-19,22,24,32H,11-17,20H2,1-3H3,(H,37,41)/t22-,24+,32?. The largest absolute Gasteiger partial charge is 0.481 e. The summed E-state index contributed by atoms with van der Waals surface area (Å²) < 4.78 is 25.9. The highest BCUT2D eigenvalue weighted by Crippen LogP contribution is 2.43. The summed E-state index contributed by atoms with van der Waals surface area (Å²) in [4.78, 5) is 46.3. The second-order valence-corrected chi connectivity index (χ2v) is 12.8. The maximum Gasteiger partial charge on any atom is 0.306 e. The number of halogens is 1. The summed E-state index contributed by atoms with van der Waals surface area (Å²) >= 11 is 0. The number of fused-ring (bicyclic) bond motifs is 2. The van der Waals surface area contributed by atoms with E-state index in [-0.39, 0.29) is 48.0 Å². The van der Waals surface area contributed by atoms with E-state index in [1.165, 1.54) is 13.2 Å². The van der Waals surface area contributed by atoms with Gasteiger partial charge in [-0.05, 0) is 71.9 Å². The first-order valence-corrected chi connectivity index (χ1v) is 15.3. The summed E-state index contributed by atoms with van der Waals surface area (Å²) in [6.07, 6.45) is 3.44. The number of nitrogens with one attached hydrogen (secondary N) is 1. The van der Waals surface area contributed by atoms with Gasteiger partial charge < -0.3 is 19.7 Å². The van der Waals surface area contributed by atoms with E-state index in [2.05, 4.69) is 10.3 Å². The van der Waals surface area contributed by atoms with Crippen LogP contribution in [-0.2, 0) is 44.0 Å². The number of aryl methyl sites for hydroxylation is 1. The molecule has 230 valence electrons. The van der Waals surface area contributed by atoms with Crippen LogP contribution in [0.3, 0.4) is 0 Å². The average molecular weight is 600 g/mol. The van der Waals surface area contributed by atoms with Crippen molar-refractivity contribution in [1.29, 1.82) is 0 Å². The van der Waals surface area contributed by atoms with Crippen molar-refractivity contribution in [1.82, 2.24) is 9.88 Å². The summed E-state index contributed by atoms with van der Waals surface area (Å²) in [6, 6.07) is 15.3. The van der Waals surface area contributed by atoms with Crippen molar-refractivity contribution in [3.8, 4) is 5.88 Å². The van der Waals surface area contributed by atoms with Crippen LogP contribution in [0.5, 0.6) is 5.88 Å². The molecule has 44 heavy (non-hydrogen) atoms. The third-order valence-corrected chi connectivity index (χ3v) is 9.34. The first kappa shape index (κ1) is 29.8. The van der Waals surface area contributed by atoms with Crippen LogP contribution in [0.4, 0.5) is 10.1 Å². The molecule has 1 atom stereocenters. The van der Waals surface area contributed by atoms with Crippen LogP contribution >= 0.6 is 0 Å². The number of methoxy groups -OCH3 is 1. The minimum Gasteiger partial charge on any atom is -0.481 e. The van der Waals surface area contributed by atoms with Crippen molar-refractivity contribution >= 4 is 23.5 Å². The minimum atomic E-state index is -0.924. The minimum absolute atomic E-state index is 0.0566. The number of ether oxygens (including phenoxy) is 2. The second kappa shape index (κ2) is 12.0. The lowest BCUT2D eigenvalue weighted by molar-refractivity contribution is -0.151. The van der Waals surface area contributed by atoms with Crippen LogP contribution in [0.25, 0.3) is 0 Å². The molecule has 1 N–H and O–H groups in total. The molecular formula is C35H38FN3O5. The van der Waals surface area contributed by atoms with Crippen molar-refractivity contribution in [2.45, 2.75) is 70.4 Å². The Hall–Kier alpha value is -4.27. The maximum atomic E-state index is 15.2. The van der Waals surface area contributed by atoms with Gasteiger partial charge in [0, 0.05) is 42.6 Å². The maximum absolute atomic E-state index is 15.2. The monoisotopic (exact) mass is 599 g/mol. The lowest BCUT2D eigenvalue weighted by Gasteiger charge is -2.42. The molecule has 3 aromatic rings. The predicted molar refractivity (Wildman–Crippen MR) is 162 cm³/mol. The number of carbonyl (C=O) groups excluding carboxylic acids is 3. The summed E-state index contributed by atoms with van der Waals surface area (Å²) in [5, 5.41) is 2.91. The first-order chi connectivity index (χ1) is 21.1. The highest BCUT2D eigenvalue weighted by Gasteiger charge is 2.44. The first-order valence-electron chi connectivity index (χ1n) is 15.3. The van der Waals surface area contributed by atoms with E-state index in [0.29, 0.717) is 54.2 Å². The van der Waals surface area contributed by atoms with Gasteiger partial charge in [0.15, 0.2) is 0 Å². The van der Waals surface area contributed by atoms with Crippen molar-refractivity contribution in [3.05, 3.63) is 88.4 Å². The molecule has 8 nitrogen and oxygen atoms in total. The molecule has 2 aliphatic carbocycles. The number of rotatable bonds is 8. The molecular weight excluding hydrogens is 561 g/mol. The topological polar surface area (TPSA) is 97.8 Å². The van der Waals surface area contributed by atoms with E-state index in [1.54, 1.807) is 17.0 Å². The predicted octanol–water partition coefficient (Wildman–Crippen LogP) is 5.68. The zero-order chi connectivity index (χ0) is 31.0. The summed E-state index contributed by atoms with van der Waals surface area (Å²) in [6.45, 7) is 4.60. The highest BCUT2D eigenvalue weighted by atomic mass is 19.1. The molecule has 1 saturated carbocycles. The van der Waals surface area contributed by atoms with Crippen molar-refractivity contribution in [2.75, 3.05) is 19.0 Å². The van der Waals surface area contributed by atoms with E-state index >= 15 is 4.39 Å². The van der Waals surface area contributed by atoms with Gasteiger partial charge in [-0.25, -0.2) is 9.37 Å². The SMILES string of the molecule is COc1ccc2c(n1)CCN(C(=O)[C@H]1C[C@@H](CC(=O)OCc3ccccc3)C1)C2C(=O)Nc1cc(F)c2c(c1)CCC2(C)C. The molecule has 1 aliphatic heterocycles. The number of amides is 2. The van der Waals surface area contributed by atoms with Crippen LogP contribution in [-0.4, -0.2) is 41.3 Å². The molecule has 2 aromatic carbocycles. The molecule has 9 heteroatoms. The van der Waals surface area contributed by atoms with Gasteiger partial charge in [0.25, 0.3) is 5.91 Å². The lowest BCUT2D eigenvalue weighted by Crippen LogP contribution is -2.50. The average Bonchev–Trinajstić information content (AvgIpc) is 3.31. The van der Waals surface area contributed by atoms with E-state index < -0.39 is 11.9 Å². The summed E-state index contributed by atoms with van der Waals surface area (Å²) in [7, 11) is 1.53. The number of nitrogens with zero attached hydrogens (tertiary/aromatic N) is 2. The Morgan fingerprint density at radius 1 is 1.07 bits per heavy atom. The Morgan fingerprint density at radius 2 is 1.84 bits per heavy atom. The third-order valence-electron chi connectivity index (χ3n) is 9.34. The van der Waals surface area contributed by atoms with E-state index in [0.717, 1.165) is 24.0 Å². The molecule has 3 aliphatic rings. The van der Waals surface area contributed by atoms with Crippen LogP contribution in [0.1, 0.15) is 73.5 Å². The van der Waals surface area contributed by atoms with Crippen LogP contribution < -0.4 is 10.1 Å². The number of esters is 1. The molecule has 1 unspecified atom stereocenters. The van der Waals surface area contributed by atoms with E-state index in [9.17, 15) is 14.4 Å².